The fourth-order valence-electron chi connectivity index (χ4n) is 0.775. The van der Waals surface area contributed by atoms with E-state index in [2.05, 4.69) is 0 Å². The van der Waals surface area contributed by atoms with Gasteiger partial charge in [-0.1, -0.05) is 6.07 Å². The van der Waals surface area contributed by atoms with E-state index in [0.29, 0.717) is 11.3 Å². The standard InChI is InChI=1S/C9H8NO/c1-2-11-9-5-3-4-8(6-9)7-10/h2-6H,1H3. The van der Waals surface area contributed by atoms with E-state index in [-0.39, 0.29) is 0 Å². The lowest BCUT2D eigenvalue weighted by Gasteiger charge is -2.00. The zero-order valence-corrected chi connectivity index (χ0v) is 6.24. The predicted octanol–water partition coefficient (Wildman–Crippen LogP) is 2.12. The van der Waals surface area contributed by atoms with Crippen LogP contribution in [0.4, 0.5) is 0 Å². The Morgan fingerprint density at radius 2 is 2.36 bits per heavy atom. The van der Waals surface area contributed by atoms with Crippen LogP contribution in [-0.2, 0) is 0 Å². The van der Waals surface area contributed by atoms with Crippen molar-refractivity contribution in [3.8, 4) is 11.8 Å². The Balaban J connectivity index is 2.85. The molecule has 0 saturated carbocycles. The quantitative estimate of drug-likeness (QED) is 0.640. The lowest BCUT2D eigenvalue weighted by atomic mass is 10.2. The van der Waals surface area contributed by atoms with Gasteiger partial charge in [0.15, 0.2) is 0 Å². The molecule has 0 N–H and O–H groups in total. The molecule has 1 rings (SSSR count). The van der Waals surface area contributed by atoms with Crippen LogP contribution in [0.1, 0.15) is 12.5 Å². The van der Waals surface area contributed by atoms with Gasteiger partial charge in [0.05, 0.1) is 11.6 Å². The van der Waals surface area contributed by atoms with E-state index >= 15 is 0 Å². The topological polar surface area (TPSA) is 33.0 Å². The summed E-state index contributed by atoms with van der Waals surface area (Å²) in [5.41, 5.74) is 0.615. The van der Waals surface area contributed by atoms with E-state index in [9.17, 15) is 0 Å². The van der Waals surface area contributed by atoms with Crippen molar-refractivity contribution in [3.63, 3.8) is 0 Å². The molecule has 55 valence electrons. The van der Waals surface area contributed by atoms with Crippen LogP contribution in [0.2, 0.25) is 0 Å². The second-order valence-electron chi connectivity index (χ2n) is 1.99. The van der Waals surface area contributed by atoms with Gasteiger partial charge in [-0.3, -0.25) is 0 Å². The van der Waals surface area contributed by atoms with Crippen molar-refractivity contribution in [2.75, 3.05) is 0 Å². The molecule has 0 amide bonds. The molecule has 0 bridgehead atoms. The van der Waals surface area contributed by atoms with Crippen LogP contribution in [0.25, 0.3) is 0 Å². The van der Waals surface area contributed by atoms with Gasteiger partial charge in [-0.05, 0) is 25.1 Å². The lowest BCUT2D eigenvalue weighted by Crippen LogP contribution is -1.85. The SMILES string of the molecule is C[CH]Oc1cccc(C#N)c1. The minimum atomic E-state index is 0.615. The fourth-order valence-corrected chi connectivity index (χ4v) is 0.775. The third-order valence-electron chi connectivity index (χ3n) is 1.22. The van der Waals surface area contributed by atoms with E-state index in [1.165, 1.54) is 0 Å². The molecule has 0 aromatic heterocycles. The third-order valence-corrected chi connectivity index (χ3v) is 1.22. The second kappa shape index (κ2) is 3.62. The van der Waals surface area contributed by atoms with Crippen LogP contribution >= 0.6 is 0 Å². The Morgan fingerprint density at radius 3 is 3.00 bits per heavy atom. The monoisotopic (exact) mass is 146 g/mol. The number of hydrogen-bond acceptors (Lipinski definition) is 2. The Morgan fingerprint density at radius 1 is 1.55 bits per heavy atom. The predicted molar refractivity (Wildman–Crippen MR) is 41.8 cm³/mol. The summed E-state index contributed by atoms with van der Waals surface area (Å²) < 4.78 is 5.07. The summed E-state index contributed by atoms with van der Waals surface area (Å²) in [6.45, 7) is 3.37. The molecule has 0 atom stereocenters. The molecule has 0 unspecified atom stereocenters. The molecular weight excluding hydrogens is 138 g/mol. The highest BCUT2D eigenvalue weighted by atomic mass is 16.5. The van der Waals surface area contributed by atoms with Gasteiger partial charge in [0.2, 0.25) is 0 Å². The average molecular weight is 146 g/mol. The van der Waals surface area contributed by atoms with Crippen molar-refractivity contribution in [1.29, 1.82) is 5.26 Å². The average Bonchev–Trinajstić information content (AvgIpc) is 2.06. The summed E-state index contributed by atoms with van der Waals surface area (Å²) in [5, 5.41) is 8.51. The van der Waals surface area contributed by atoms with Crippen LogP contribution < -0.4 is 4.74 Å². The molecule has 0 aliphatic heterocycles. The molecule has 0 saturated heterocycles. The summed E-state index contributed by atoms with van der Waals surface area (Å²) in [6.07, 6.45) is 0. The molecular formula is C9H8NO. The van der Waals surface area contributed by atoms with Gasteiger partial charge in [0, 0.05) is 0 Å². The molecule has 0 spiro atoms. The number of nitrogens with zero attached hydrogens (tertiary/aromatic N) is 1. The first-order valence-electron chi connectivity index (χ1n) is 3.31. The molecule has 1 radical (unpaired) electrons. The summed E-state index contributed by atoms with van der Waals surface area (Å²) in [5.74, 6) is 0.701. The maximum Gasteiger partial charge on any atom is 0.132 e. The van der Waals surface area contributed by atoms with Gasteiger partial charge in [0.1, 0.15) is 12.4 Å². The van der Waals surface area contributed by atoms with Gasteiger partial charge in [-0.15, -0.1) is 0 Å². The van der Waals surface area contributed by atoms with Gasteiger partial charge in [0.25, 0.3) is 0 Å². The van der Waals surface area contributed by atoms with E-state index in [4.69, 9.17) is 10.00 Å². The largest absolute Gasteiger partial charge is 0.487 e. The van der Waals surface area contributed by atoms with Crippen molar-refractivity contribution in [3.05, 3.63) is 36.4 Å². The maximum absolute atomic E-state index is 8.51. The Hall–Kier alpha value is -1.49. The molecule has 1 aromatic carbocycles. The smallest absolute Gasteiger partial charge is 0.132 e. The summed E-state index contributed by atoms with van der Waals surface area (Å²) in [4.78, 5) is 0. The molecule has 11 heavy (non-hydrogen) atoms. The highest BCUT2D eigenvalue weighted by Gasteiger charge is 1.92. The van der Waals surface area contributed by atoms with E-state index in [1.54, 1.807) is 37.8 Å². The maximum atomic E-state index is 8.51. The zero-order valence-electron chi connectivity index (χ0n) is 6.24. The molecule has 0 heterocycles. The Labute approximate surface area is 66.0 Å². The minimum absolute atomic E-state index is 0.615. The highest BCUT2D eigenvalue weighted by molar-refractivity contribution is 5.36. The Bertz CT molecular complexity index is 275. The number of rotatable bonds is 2. The number of nitriles is 1. The molecule has 1 aromatic rings. The highest BCUT2D eigenvalue weighted by Crippen LogP contribution is 2.12. The Kier molecular flexibility index (Phi) is 2.51. The van der Waals surface area contributed by atoms with Crippen molar-refractivity contribution in [2.45, 2.75) is 6.92 Å². The first-order valence-corrected chi connectivity index (χ1v) is 3.31. The van der Waals surface area contributed by atoms with Gasteiger partial charge < -0.3 is 4.74 Å². The molecule has 2 heteroatoms. The first-order chi connectivity index (χ1) is 5.36. The van der Waals surface area contributed by atoms with Crippen LogP contribution in [-0.4, -0.2) is 0 Å². The van der Waals surface area contributed by atoms with Crippen LogP contribution in [0.5, 0.6) is 5.75 Å². The number of ether oxygens (including phenoxy) is 1. The second-order valence-corrected chi connectivity index (χ2v) is 1.99. The van der Waals surface area contributed by atoms with Crippen molar-refractivity contribution < 1.29 is 4.74 Å². The van der Waals surface area contributed by atoms with Crippen molar-refractivity contribution in [2.24, 2.45) is 0 Å². The van der Waals surface area contributed by atoms with Crippen LogP contribution in [0.3, 0.4) is 0 Å². The number of benzene rings is 1. The van der Waals surface area contributed by atoms with Crippen molar-refractivity contribution in [1.82, 2.24) is 0 Å². The third kappa shape index (κ3) is 1.98. The lowest BCUT2D eigenvalue weighted by molar-refractivity contribution is 0.416. The first kappa shape index (κ1) is 7.62. The normalized spacial score (nSPS) is 8.73. The summed E-state index contributed by atoms with van der Waals surface area (Å²) in [6, 6.07) is 9.06. The fraction of sp³-hybridized carbons (Fsp3) is 0.111. The van der Waals surface area contributed by atoms with Gasteiger partial charge in [-0.2, -0.15) is 5.26 Å². The van der Waals surface area contributed by atoms with E-state index in [0.717, 1.165) is 0 Å². The van der Waals surface area contributed by atoms with E-state index in [1.807, 2.05) is 6.07 Å². The van der Waals surface area contributed by atoms with E-state index < -0.39 is 0 Å². The zero-order chi connectivity index (χ0) is 8.10. The summed E-state index contributed by atoms with van der Waals surface area (Å²) >= 11 is 0. The van der Waals surface area contributed by atoms with Gasteiger partial charge in [-0.25, -0.2) is 0 Å². The number of hydrogen-bond donors (Lipinski definition) is 0. The molecule has 0 aliphatic rings. The molecule has 2 nitrogen and oxygen atoms in total. The van der Waals surface area contributed by atoms with Crippen LogP contribution in [0, 0.1) is 17.9 Å². The van der Waals surface area contributed by atoms with Crippen LogP contribution in [0.15, 0.2) is 24.3 Å². The minimum Gasteiger partial charge on any atom is -0.487 e. The van der Waals surface area contributed by atoms with Crippen molar-refractivity contribution >= 4 is 0 Å². The molecule has 0 fully saturated rings. The molecule has 0 aliphatic carbocycles. The van der Waals surface area contributed by atoms with Gasteiger partial charge >= 0.3 is 0 Å². The summed E-state index contributed by atoms with van der Waals surface area (Å²) in [7, 11) is 0.